The van der Waals surface area contributed by atoms with Crippen LogP contribution in [-0.4, -0.2) is 87.1 Å². The van der Waals surface area contributed by atoms with Gasteiger partial charge in [-0.15, -0.1) is 11.8 Å². The Labute approximate surface area is 260 Å². The van der Waals surface area contributed by atoms with E-state index in [0.717, 1.165) is 29.5 Å². The first kappa shape index (κ1) is 37.9. The van der Waals surface area contributed by atoms with Crippen LogP contribution in [0.1, 0.15) is 35.2 Å². The molecule has 2 amide bonds. The second kappa shape index (κ2) is 15.8. The van der Waals surface area contributed by atoms with E-state index >= 15 is 0 Å². The number of amides is 2. The summed E-state index contributed by atoms with van der Waals surface area (Å²) in [6.45, 7) is -0.446. The molecule has 3 rings (SSSR count). The number of aliphatic carboxylic acids is 1. The quantitative estimate of drug-likeness (QED) is 0.260. The molecule has 0 bridgehead atoms. The van der Waals surface area contributed by atoms with Gasteiger partial charge in [-0.25, -0.2) is 13.2 Å². The SMILES string of the molecule is CSc1ccc(S(=O)(=O)C[C@@H]2C[C@H](N(C)C)CC[C@@H]2NC(=O)CNC(=O)c2cccc(C(F)(F)F)c2)cc1.O=C(O)C(F)(F)F. The fraction of sp³-hybridized carbons (Fsp3) is 0.464. The molecule has 1 fully saturated rings. The molecule has 3 N–H and O–H groups in total. The van der Waals surface area contributed by atoms with Crippen LogP contribution in [0.25, 0.3) is 0 Å². The highest BCUT2D eigenvalue weighted by Gasteiger charge is 2.38. The first-order chi connectivity index (χ1) is 20.7. The Bertz CT molecular complexity index is 1430. The van der Waals surface area contributed by atoms with E-state index in [9.17, 15) is 44.3 Å². The van der Waals surface area contributed by atoms with E-state index in [-0.39, 0.29) is 28.2 Å². The van der Waals surface area contributed by atoms with Crippen LogP contribution < -0.4 is 10.6 Å². The largest absolute Gasteiger partial charge is 0.490 e. The van der Waals surface area contributed by atoms with Crippen molar-refractivity contribution in [2.24, 2.45) is 5.92 Å². The van der Waals surface area contributed by atoms with Crippen molar-refractivity contribution in [1.29, 1.82) is 0 Å². The standard InChI is InChI=1S/C26H32F3N3O4S2.C2HF3O2/c1-32(2)20-7-12-23(18(14-20)16-38(35,36)22-10-8-21(37-3)9-11-22)31-24(33)15-30-25(34)17-5-4-6-19(13-17)26(27,28)29;3-2(4,5)1(6)7/h4-6,8-11,13,18,20,23H,7,12,14-16H2,1-3H3,(H,30,34)(H,31,33);(H,6,7)/t18-,20+,23-;/m0./s1. The molecule has 0 radical (unpaired) electrons. The lowest BCUT2D eigenvalue weighted by Gasteiger charge is -2.39. The van der Waals surface area contributed by atoms with Gasteiger partial charge in [-0.05, 0) is 88.0 Å². The maximum Gasteiger partial charge on any atom is 0.490 e. The molecule has 1 aliphatic rings. The smallest absolute Gasteiger partial charge is 0.475 e. The third kappa shape index (κ3) is 11.9. The number of rotatable bonds is 9. The molecule has 2 aromatic carbocycles. The van der Waals surface area contributed by atoms with Gasteiger partial charge in [-0.1, -0.05) is 6.07 Å². The number of benzene rings is 2. The zero-order chi connectivity index (χ0) is 34.2. The number of carbonyl (C=O) groups is 3. The fourth-order valence-corrected chi connectivity index (χ4v) is 6.68. The van der Waals surface area contributed by atoms with Crippen LogP contribution in [0.3, 0.4) is 0 Å². The molecule has 17 heteroatoms. The van der Waals surface area contributed by atoms with Crippen LogP contribution in [0.15, 0.2) is 58.3 Å². The van der Waals surface area contributed by atoms with Gasteiger partial charge in [-0.2, -0.15) is 26.3 Å². The number of nitrogens with zero attached hydrogens (tertiary/aromatic N) is 1. The fourth-order valence-electron chi connectivity index (χ4n) is 4.60. The lowest BCUT2D eigenvalue weighted by molar-refractivity contribution is -0.192. The lowest BCUT2D eigenvalue weighted by Crippen LogP contribution is -2.51. The van der Waals surface area contributed by atoms with Crippen LogP contribution in [-0.2, 0) is 25.6 Å². The molecular formula is C28H33F6N3O6S2. The van der Waals surface area contributed by atoms with E-state index < -0.39 is 58.1 Å². The van der Waals surface area contributed by atoms with Crippen molar-refractivity contribution in [2.45, 2.75) is 53.5 Å². The van der Waals surface area contributed by atoms with Gasteiger partial charge < -0.3 is 20.6 Å². The monoisotopic (exact) mass is 685 g/mol. The summed E-state index contributed by atoms with van der Waals surface area (Å²) in [4.78, 5) is 37.1. The van der Waals surface area contributed by atoms with Crippen molar-refractivity contribution >= 4 is 39.4 Å². The molecule has 9 nitrogen and oxygen atoms in total. The van der Waals surface area contributed by atoms with Crippen molar-refractivity contribution in [2.75, 3.05) is 32.6 Å². The number of sulfone groups is 1. The summed E-state index contributed by atoms with van der Waals surface area (Å²) in [6.07, 6.45) is -5.89. The predicted octanol–water partition coefficient (Wildman–Crippen LogP) is 4.48. The number of carboxylic acid groups (broad SMARTS) is 1. The highest BCUT2D eigenvalue weighted by atomic mass is 32.2. The van der Waals surface area contributed by atoms with Gasteiger partial charge in [0.25, 0.3) is 5.91 Å². The lowest BCUT2D eigenvalue weighted by atomic mass is 9.82. The summed E-state index contributed by atoms with van der Waals surface area (Å²) in [5, 5.41) is 12.3. The van der Waals surface area contributed by atoms with E-state index in [0.29, 0.717) is 12.8 Å². The molecule has 45 heavy (non-hydrogen) atoms. The topological polar surface area (TPSA) is 133 Å². The molecule has 250 valence electrons. The second-order valence-electron chi connectivity index (χ2n) is 10.4. The molecule has 1 aliphatic carbocycles. The Balaban J connectivity index is 0.000000900. The average molecular weight is 686 g/mol. The number of thioether (sulfide) groups is 1. The average Bonchev–Trinajstić information content (AvgIpc) is 2.96. The first-order valence-electron chi connectivity index (χ1n) is 13.3. The Morgan fingerprint density at radius 3 is 2.11 bits per heavy atom. The zero-order valence-electron chi connectivity index (χ0n) is 24.4. The second-order valence-corrected chi connectivity index (χ2v) is 13.3. The number of nitrogens with one attached hydrogen (secondary N) is 2. The Morgan fingerprint density at radius 2 is 1.60 bits per heavy atom. The van der Waals surface area contributed by atoms with Crippen molar-refractivity contribution in [3.63, 3.8) is 0 Å². The Morgan fingerprint density at radius 1 is 1.00 bits per heavy atom. The molecule has 2 aromatic rings. The molecule has 0 aromatic heterocycles. The highest BCUT2D eigenvalue weighted by molar-refractivity contribution is 7.98. The van der Waals surface area contributed by atoms with Gasteiger partial charge in [0.2, 0.25) is 5.91 Å². The van der Waals surface area contributed by atoms with Gasteiger partial charge in [-0.3, -0.25) is 9.59 Å². The van der Waals surface area contributed by atoms with Gasteiger partial charge >= 0.3 is 18.3 Å². The summed E-state index contributed by atoms with van der Waals surface area (Å²) in [7, 11) is 0.239. The third-order valence-corrected chi connectivity index (χ3v) is 9.59. The number of alkyl halides is 6. The van der Waals surface area contributed by atoms with Gasteiger partial charge in [0.15, 0.2) is 9.84 Å². The normalized spacial score (nSPS) is 18.8. The molecule has 0 heterocycles. The summed E-state index contributed by atoms with van der Waals surface area (Å²) in [5.41, 5.74) is -1.17. The maximum atomic E-state index is 13.2. The first-order valence-corrected chi connectivity index (χ1v) is 16.2. The van der Waals surface area contributed by atoms with E-state index in [1.54, 1.807) is 24.3 Å². The minimum atomic E-state index is -5.08. The third-order valence-electron chi connectivity index (χ3n) is 6.99. The highest BCUT2D eigenvalue weighted by Crippen LogP contribution is 2.31. The minimum Gasteiger partial charge on any atom is -0.475 e. The molecule has 0 spiro atoms. The molecule has 1 saturated carbocycles. The molecule has 3 atom stereocenters. The van der Waals surface area contributed by atoms with E-state index in [1.165, 1.54) is 17.8 Å². The van der Waals surface area contributed by atoms with Gasteiger partial charge in [0, 0.05) is 22.5 Å². The van der Waals surface area contributed by atoms with Gasteiger partial charge in [0.05, 0.1) is 22.8 Å². The van der Waals surface area contributed by atoms with Crippen LogP contribution in [0.4, 0.5) is 26.3 Å². The number of hydrogen-bond acceptors (Lipinski definition) is 7. The van der Waals surface area contributed by atoms with Crippen molar-refractivity contribution in [3.05, 3.63) is 59.7 Å². The number of hydrogen-bond donors (Lipinski definition) is 3. The Hall–Kier alpha value is -3.31. The number of carbonyl (C=O) groups excluding carboxylic acids is 2. The van der Waals surface area contributed by atoms with Crippen LogP contribution in [0.2, 0.25) is 0 Å². The Kier molecular flexibility index (Phi) is 13.3. The van der Waals surface area contributed by atoms with Gasteiger partial charge in [0.1, 0.15) is 0 Å². The number of halogens is 6. The van der Waals surface area contributed by atoms with E-state index in [1.807, 2.05) is 25.3 Å². The van der Waals surface area contributed by atoms with Crippen molar-refractivity contribution < 1.29 is 54.3 Å². The van der Waals surface area contributed by atoms with Crippen molar-refractivity contribution in [3.8, 4) is 0 Å². The van der Waals surface area contributed by atoms with Crippen molar-refractivity contribution in [1.82, 2.24) is 15.5 Å². The summed E-state index contributed by atoms with van der Waals surface area (Å²) in [6, 6.07) is 10.4. The van der Waals surface area contributed by atoms with E-state index in [4.69, 9.17) is 9.90 Å². The summed E-state index contributed by atoms with van der Waals surface area (Å²) in [5.74, 6) is -4.60. The minimum absolute atomic E-state index is 0.141. The van der Waals surface area contributed by atoms with E-state index in [2.05, 4.69) is 10.6 Å². The molecule has 0 saturated heterocycles. The number of carboxylic acids is 1. The molecule has 0 unspecified atom stereocenters. The van der Waals surface area contributed by atoms with Crippen LogP contribution >= 0.6 is 11.8 Å². The maximum absolute atomic E-state index is 13.2. The summed E-state index contributed by atoms with van der Waals surface area (Å²) >= 11 is 1.51. The predicted molar refractivity (Wildman–Crippen MR) is 154 cm³/mol. The summed E-state index contributed by atoms with van der Waals surface area (Å²) < 4.78 is 97.0. The molecule has 0 aliphatic heterocycles. The molecular weight excluding hydrogens is 652 g/mol. The zero-order valence-corrected chi connectivity index (χ0v) is 26.0. The van der Waals surface area contributed by atoms with Crippen LogP contribution in [0, 0.1) is 5.92 Å². The van der Waals surface area contributed by atoms with Crippen LogP contribution in [0.5, 0.6) is 0 Å².